The van der Waals surface area contributed by atoms with E-state index < -0.39 is 0 Å². The first kappa shape index (κ1) is 12.3. The summed E-state index contributed by atoms with van der Waals surface area (Å²) >= 11 is 3.25. The second kappa shape index (κ2) is 5.44. The Morgan fingerprint density at radius 3 is 2.71 bits per heavy atom. The lowest BCUT2D eigenvalue weighted by Gasteiger charge is -2.32. The minimum absolute atomic E-state index is 0.0191. The predicted molar refractivity (Wildman–Crippen MR) is 63.5 cm³/mol. The molecule has 1 aliphatic rings. The van der Waals surface area contributed by atoms with Crippen molar-refractivity contribution in [3.05, 3.63) is 16.9 Å². The smallest absolute Gasteiger partial charge is 0.316 e. The van der Waals surface area contributed by atoms with E-state index in [4.69, 9.17) is 9.47 Å². The van der Waals surface area contributed by atoms with Crippen LogP contribution in [-0.2, 0) is 9.53 Å². The van der Waals surface area contributed by atoms with E-state index in [9.17, 15) is 4.79 Å². The lowest BCUT2D eigenvalue weighted by Crippen LogP contribution is -2.39. The van der Waals surface area contributed by atoms with E-state index in [-0.39, 0.29) is 18.0 Å². The molecule has 1 saturated carbocycles. The van der Waals surface area contributed by atoms with E-state index in [1.165, 1.54) is 0 Å². The molecule has 1 fully saturated rings. The minimum Gasteiger partial charge on any atom is -0.466 e. The average molecular weight is 301 g/mol. The standard InChI is InChI=1S/C11H13BrN2O3/c1-2-16-10(15)7-3-9(4-7)17-11-13-5-8(12)6-14-11/h5-7,9H,2-4H2,1H3/t7-,9-. The lowest BCUT2D eigenvalue weighted by molar-refractivity contribution is -0.154. The number of carbonyl (C=O) groups is 1. The Morgan fingerprint density at radius 2 is 2.12 bits per heavy atom. The van der Waals surface area contributed by atoms with Gasteiger partial charge in [0.15, 0.2) is 0 Å². The highest BCUT2D eigenvalue weighted by atomic mass is 79.9. The van der Waals surface area contributed by atoms with Gasteiger partial charge in [-0.1, -0.05) is 0 Å². The van der Waals surface area contributed by atoms with Crippen molar-refractivity contribution in [1.82, 2.24) is 9.97 Å². The number of aromatic nitrogens is 2. The molecule has 5 nitrogen and oxygen atoms in total. The van der Waals surface area contributed by atoms with Gasteiger partial charge in [0.05, 0.1) is 17.0 Å². The average Bonchev–Trinajstić information content (AvgIpc) is 2.25. The summed E-state index contributed by atoms with van der Waals surface area (Å²) in [5, 5.41) is 0. The zero-order chi connectivity index (χ0) is 12.3. The number of esters is 1. The van der Waals surface area contributed by atoms with E-state index in [0.29, 0.717) is 25.5 Å². The summed E-state index contributed by atoms with van der Waals surface area (Å²) < 4.78 is 11.2. The molecular weight excluding hydrogens is 288 g/mol. The fraction of sp³-hybridized carbons (Fsp3) is 0.545. The maximum absolute atomic E-state index is 11.4. The number of hydrogen-bond acceptors (Lipinski definition) is 5. The molecule has 1 aliphatic carbocycles. The van der Waals surface area contributed by atoms with Gasteiger partial charge in [0.2, 0.25) is 0 Å². The molecule has 92 valence electrons. The highest BCUT2D eigenvalue weighted by Crippen LogP contribution is 2.31. The van der Waals surface area contributed by atoms with E-state index >= 15 is 0 Å². The molecule has 0 spiro atoms. The molecule has 0 aliphatic heterocycles. The quantitative estimate of drug-likeness (QED) is 0.796. The molecular formula is C11H13BrN2O3. The fourth-order valence-electron chi connectivity index (χ4n) is 1.62. The van der Waals surface area contributed by atoms with E-state index in [2.05, 4.69) is 25.9 Å². The van der Waals surface area contributed by atoms with Crippen LogP contribution in [0.1, 0.15) is 19.8 Å². The summed E-state index contributed by atoms with van der Waals surface area (Å²) in [5.74, 6) is -0.167. The van der Waals surface area contributed by atoms with E-state index in [0.717, 1.165) is 4.47 Å². The molecule has 1 aromatic heterocycles. The number of carbonyl (C=O) groups excluding carboxylic acids is 1. The van der Waals surface area contributed by atoms with Crippen LogP contribution in [-0.4, -0.2) is 28.6 Å². The Balaban J connectivity index is 1.77. The summed E-state index contributed by atoms with van der Waals surface area (Å²) in [6.07, 6.45) is 4.63. The molecule has 0 N–H and O–H groups in total. The van der Waals surface area contributed by atoms with Crippen LogP contribution < -0.4 is 4.74 Å². The Kier molecular flexibility index (Phi) is 3.93. The molecule has 0 radical (unpaired) electrons. The van der Waals surface area contributed by atoms with Gasteiger partial charge in [0.25, 0.3) is 0 Å². The van der Waals surface area contributed by atoms with Crippen LogP contribution in [0.3, 0.4) is 0 Å². The van der Waals surface area contributed by atoms with Gasteiger partial charge in [0, 0.05) is 12.4 Å². The Labute approximate surface area is 108 Å². The molecule has 0 saturated heterocycles. The first-order chi connectivity index (χ1) is 8.19. The molecule has 0 aromatic carbocycles. The van der Waals surface area contributed by atoms with Gasteiger partial charge in [-0.25, -0.2) is 9.97 Å². The van der Waals surface area contributed by atoms with Crippen molar-refractivity contribution in [3.63, 3.8) is 0 Å². The third kappa shape index (κ3) is 3.15. The summed E-state index contributed by atoms with van der Waals surface area (Å²) in [4.78, 5) is 19.4. The monoisotopic (exact) mass is 300 g/mol. The molecule has 0 amide bonds. The van der Waals surface area contributed by atoms with Crippen LogP contribution in [0.4, 0.5) is 0 Å². The second-order valence-corrected chi connectivity index (χ2v) is 4.76. The zero-order valence-corrected chi connectivity index (χ0v) is 11.0. The third-order valence-electron chi connectivity index (χ3n) is 2.58. The fourth-order valence-corrected chi connectivity index (χ4v) is 1.83. The summed E-state index contributed by atoms with van der Waals surface area (Å²) in [6.45, 7) is 2.23. The lowest BCUT2D eigenvalue weighted by atomic mass is 9.82. The van der Waals surface area contributed by atoms with Crippen molar-refractivity contribution in [2.75, 3.05) is 6.61 Å². The Morgan fingerprint density at radius 1 is 1.47 bits per heavy atom. The molecule has 0 bridgehead atoms. The molecule has 0 atom stereocenters. The topological polar surface area (TPSA) is 61.3 Å². The molecule has 1 aromatic rings. The maximum Gasteiger partial charge on any atom is 0.316 e. The largest absolute Gasteiger partial charge is 0.466 e. The van der Waals surface area contributed by atoms with Crippen LogP contribution in [0.25, 0.3) is 0 Å². The molecule has 6 heteroatoms. The van der Waals surface area contributed by atoms with Crippen LogP contribution in [0, 0.1) is 5.92 Å². The van der Waals surface area contributed by atoms with Crippen LogP contribution >= 0.6 is 15.9 Å². The molecule has 0 unspecified atom stereocenters. The van der Waals surface area contributed by atoms with Crippen molar-refractivity contribution in [2.24, 2.45) is 5.92 Å². The molecule has 1 heterocycles. The number of halogens is 1. The van der Waals surface area contributed by atoms with Crippen molar-refractivity contribution in [3.8, 4) is 6.01 Å². The number of ether oxygens (including phenoxy) is 2. The third-order valence-corrected chi connectivity index (χ3v) is 2.99. The highest BCUT2D eigenvalue weighted by Gasteiger charge is 2.37. The first-order valence-corrected chi connectivity index (χ1v) is 6.29. The summed E-state index contributed by atoms with van der Waals surface area (Å²) in [6, 6.07) is 0.348. The van der Waals surface area contributed by atoms with Crippen LogP contribution in [0.15, 0.2) is 16.9 Å². The van der Waals surface area contributed by atoms with Crippen molar-refractivity contribution in [2.45, 2.75) is 25.9 Å². The summed E-state index contributed by atoms with van der Waals surface area (Å²) in [7, 11) is 0. The maximum atomic E-state index is 11.4. The predicted octanol–water partition coefficient (Wildman–Crippen LogP) is 1.96. The van der Waals surface area contributed by atoms with Gasteiger partial charge in [-0.2, -0.15) is 0 Å². The first-order valence-electron chi connectivity index (χ1n) is 5.50. The molecule has 2 rings (SSSR count). The van der Waals surface area contributed by atoms with Crippen molar-refractivity contribution >= 4 is 21.9 Å². The number of rotatable bonds is 4. The van der Waals surface area contributed by atoms with Gasteiger partial charge < -0.3 is 9.47 Å². The zero-order valence-electron chi connectivity index (χ0n) is 9.43. The van der Waals surface area contributed by atoms with E-state index in [1.54, 1.807) is 19.3 Å². The van der Waals surface area contributed by atoms with E-state index in [1.807, 2.05) is 0 Å². The highest BCUT2D eigenvalue weighted by molar-refractivity contribution is 9.10. The van der Waals surface area contributed by atoms with Gasteiger partial charge in [-0.05, 0) is 35.7 Å². The minimum atomic E-state index is -0.135. The Bertz CT molecular complexity index is 390. The number of hydrogen-bond donors (Lipinski definition) is 0. The molecule has 17 heavy (non-hydrogen) atoms. The number of nitrogens with zero attached hydrogens (tertiary/aromatic N) is 2. The van der Waals surface area contributed by atoms with Gasteiger partial charge in [-0.15, -0.1) is 0 Å². The second-order valence-electron chi connectivity index (χ2n) is 3.84. The Hall–Kier alpha value is -1.17. The van der Waals surface area contributed by atoms with Crippen molar-refractivity contribution in [1.29, 1.82) is 0 Å². The van der Waals surface area contributed by atoms with Gasteiger partial charge in [-0.3, -0.25) is 4.79 Å². The van der Waals surface area contributed by atoms with Crippen LogP contribution in [0.2, 0.25) is 0 Å². The van der Waals surface area contributed by atoms with Gasteiger partial charge >= 0.3 is 12.0 Å². The normalized spacial score (nSPS) is 22.7. The summed E-state index contributed by atoms with van der Waals surface area (Å²) in [5.41, 5.74) is 0. The van der Waals surface area contributed by atoms with Crippen molar-refractivity contribution < 1.29 is 14.3 Å². The SMILES string of the molecule is CCOC(=O)[C@H]1C[C@H](Oc2ncc(Br)cn2)C1. The van der Waals surface area contributed by atoms with Gasteiger partial charge in [0.1, 0.15) is 6.10 Å². The van der Waals surface area contributed by atoms with Crippen LogP contribution in [0.5, 0.6) is 6.01 Å².